The molecule has 126 valence electrons. The molecule has 1 N–H and O–H groups in total. The van der Waals surface area contributed by atoms with Gasteiger partial charge >= 0.3 is 0 Å². The molecule has 0 saturated carbocycles. The summed E-state index contributed by atoms with van der Waals surface area (Å²) >= 11 is 1.65. The first-order valence-corrected chi connectivity index (χ1v) is 9.27. The van der Waals surface area contributed by atoms with Crippen LogP contribution >= 0.6 is 11.8 Å². The lowest BCUT2D eigenvalue weighted by Crippen LogP contribution is -2.29. The standard InChI is InChI=1S/C22H21NOS/c1-23-21(24)17-25-22(18-11-5-2-6-12-18,19-13-7-3-8-14-19)20-15-9-4-10-16-20/h2-16H,17H2,1H3,(H,23,24). The van der Waals surface area contributed by atoms with Crippen molar-refractivity contribution in [1.29, 1.82) is 0 Å². The summed E-state index contributed by atoms with van der Waals surface area (Å²) in [4.78, 5) is 12.0. The van der Waals surface area contributed by atoms with Crippen LogP contribution in [0.2, 0.25) is 0 Å². The maximum atomic E-state index is 12.0. The van der Waals surface area contributed by atoms with Crippen molar-refractivity contribution < 1.29 is 4.79 Å². The van der Waals surface area contributed by atoms with Crippen LogP contribution in [-0.4, -0.2) is 18.7 Å². The van der Waals surface area contributed by atoms with E-state index in [1.54, 1.807) is 18.8 Å². The summed E-state index contributed by atoms with van der Waals surface area (Å²) in [5.41, 5.74) is 3.50. The third-order valence-corrected chi connectivity index (χ3v) is 5.79. The highest BCUT2D eigenvalue weighted by Gasteiger charge is 2.37. The van der Waals surface area contributed by atoms with Crippen molar-refractivity contribution in [2.75, 3.05) is 12.8 Å². The molecular formula is C22H21NOS. The van der Waals surface area contributed by atoms with Crippen LogP contribution in [0.3, 0.4) is 0 Å². The molecule has 0 saturated heterocycles. The molecule has 2 nitrogen and oxygen atoms in total. The summed E-state index contributed by atoms with van der Waals surface area (Å²) in [6, 6.07) is 31.2. The molecular weight excluding hydrogens is 326 g/mol. The smallest absolute Gasteiger partial charge is 0.229 e. The maximum Gasteiger partial charge on any atom is 0.229 e. The minimum Gasteiger partial charge on any atom is -0.358 e. The monoisotopic (exact) mass is 347 g/mol. The van der Waals surface area contributed by atoms with Crippen LogP contribution in [0.5, 0.6) is 0 Å². The number of carbonyl (C=O) groups is 1. The topological polar surface area (TPSA) is 29.1 Å². The summed E-state index contributed by atoms with van der Waals surface area (Å²) in [6.07, 6.45) is 0. The Morgan fingerprint density at radius 2 is 1.12 bits per heavy atom. The Bertz CT molecular complexity index is 707. The van der Waals surface area contributed by atoms with Crippen LogP contribution in [0.1, 0.15) is 16.7 Å². The third kappa shape index (κ3) is 3.62. The molecule has 0 fully saturated rings. The molecule has 0 atom stereocenters. The fourth-order valence-electron chi connectivity index (χ4n) is 3.01. The predicted octanol–water partition coefficient (Wildman–Crippen LogP) is 4.46. The Labute approximate surface area is 153 Å². The fraction of sp³-hybridized carbons (Fsp3) is 0.136. The lowest BCUT2D eigenvalue weighted by molar-refractivity contribution is -0.118. The maximum absolute atomic E-state index is 12.0. The van der Waals surface area contributed by atoms with Crippen molar-refractivity contribution in [3.05, 3.63) is 108 Å². The van der Waals surface area contributed by atoms with E-state index in [9.17, 15) is 4.79 Å². The average Bonchev–Trinajstić information content (AvgIpc) is 2.71. The van der Waals surface area contributed by atoms with Gasteiger partial charge in [0.05, 0.1) is 10.5 Å². The first-order chi connectivity index (χ1) is 12.3. The number of thioether (sulfide) groups is 1. The lowest BCUT2D eigenvalue weighted by Gasteiger charge is -2.35. The molecule has 0 aliphatic rings. The van der Waals surface area contributed by atoms with Gasteiger partial charge in [0.2, 0.25) is 5.91 Å². The van der Waals surface area contributed by atoms with Gasteiger partial charge < -0.3 is 5.32 Å². The minimum atomic E-state index is -0.434. The zero-order valence-electron chi connectivity index (χ0n) is 14.2. The summed E-state index contributed by atoms with van der Waals surface area (Å²) in [6.45, 7) is 0. The SMILES string of the molecule is CNC(=O)CSC(c1ccccc1)(c1ccccc1)c1ccccc1. The Hall–Kier alpha value is -2.52. The van der Waals surface area contributed by atoms with Gasteiger partial charge in [0.15, 0.2) is 0 Å². The van der Waals surface area contributed by atoms with E-state index in [2.05, 4.69) is 78.1 Å². The van der Waals surface area contributed by atoms with Crippen molar-refractivity contribution in [2.45, 2.75) is 4.75 Å². The Balaban J connectivity index is 2.22. The molecule has 3 heteroatoms. The third-order valence-electron chi connectivity index (χ3n) is 4.24. The Morgan fingerprint density at radius 3 is 1.44 bits per heavy atom. The number of hydrogen-bond donors (Lipinski definition) is 1. The number of amides is 1. The first-order valence-electron chi connectivity index (χ1n) is 8.28. The van der Waals surface area contributed by atoms with Crippen molar-refractivity contribution in [2.24, 2.45) is 0 Å². The van der Waals surface area contributed by atoms with Gasteiger partial charge in [-0.05, 0) is 16.7 Å². The fourth-order valence-corrected chi connectivity index (χ4v) is 4.41. The molecule has 0 unspecified atom stereocenters. The largest absolute Gasteiger partial charge is 0.358 e. The van der Waals surface area contributed by atoms with E-state index in [0.29, 0.717) is 5.75 Å². The molecule has 0 heterocycles. The normalized spacial score (nSPS) is 11.1. The van der Waals surface area contributed by atoms with Gasteiger partial charge in [-0.15, -0.1) is 11.8 Å². The zero-order valence-corrected chi connectivity index (χ0v) is 15.0. The summed E-state index contributed by atoms with van der Waals surface area (Å²) in [5.74, 6) is 0.409. The molecule has 0 spiro atoms. The minimum absolute atomic E-state index is 0.0252. The van der Waals surface area contributed by atoms with Gasteiger partial charge in [-0.3, -0.25) is 4.79 Å². The second-order valence-corrected chi connectivity index (χ2v) is 6.93. The van der Waals surface area contributed by atoms with Crippen LogP contribution in [0.4, 0.5) is 0 Å². The molecule has 0 aliphatic carbocycles. The molecule has 3 aromatic rings. The van der Waals surface area contributed by atoms with E-state index in [-0.39, 0.29) is 5.91 Å². The molecule has 3 aromatic carbocycles. The van der Waals surface area contributed by atoms with E-state index >= 15 is 0 Å². The number of rotatable bonds is 6. The van der Waals surface area contributed by atoms with Gasteiger partial charge in [0, 0.05) is 7.05 Å². The van der Waals surface area contributed by atoms with Crippen LogP contribution < -0.4 is 5.32 Å². The molecule has 25 heavy (non-hydrogen) atoms. The summed E-state index contributed by atoms with van der Waals surface area (Å²) in [5, 5.41) is 2.73. The van der Waals surface area contributed by atoms with Crippen LogP contribution in [0.15, 0.2) is 91.0 Å². The Morgan fingerprint density at radius 1 is 0.760 bits per heavy atom. The lowest BCUT2D eigenvalue weighted by atomic mass is 9.84. The molecule has 3 rings (SSSR count). The second-order valence-electron chi connectivity index (χ2n) is 5.74. The van der Waals surface area contributed by atoms with Gasteiger partial charge in [0.25, 0.3) is 0 Å². The second kappa shape index (κ2) is 8.04. The van der Waals surface area contributed by atoms with E-state index in [1.807, 2.05) is 18.2 Å². The van der Waals surface area contributed by atoms with Gasteiger partial charge in [-0.25, -0.2) is 0 Å². The van der Waals surface area contributed by atoms with Crippen molar-refractivity contribution in [3.8, 4) is 0 Å². The van der Waals surface area contributed by atoms with Gasteiger partial charge in [-0.2, -0.15) is 0 Å². The molecule has 0 radical (unpaired) electrons. The summed E-state index contributed by atoms with van der Waals surface area (Å²) in [7, 11) is 1.68. The van der Waals surface area contributed by atoms with Gasteiger partial charge in [-0.1, -0.05) is 91.0 Å². The first kappa shape index (κ1) is 17.3. The van der Waals surface area contributed by atoms with Crippen molar-refractivity contribution in [3.63, 3.8) is 0 Å². The molecule has 0 aliphatic heterocycles. The van der Waals surface area contributed by atoms with Crippen LogP contribution in [-0.2, 0) is 9.54 Å². The number of benzene rings is 3. The van der Waals surface area contributed by atoms with Crippen molar-refractivity contribution in [1.82, 2.24) is 5.32 Å². The quantitative estimate of drug-likeness (QED) is 0.667. The summed E-state index contributed by atoms with van der Waals surface area (Å²) < 4.78 is -0.434. The highest BCUT2D eigenvalue weighted by molar-refractivity contribution is 8.01. The van der Waals surface area contributed by atoms with Crippen LogP contribution in [0, 0.1) is 0 Å². The highest BCUT2D eigenvalue weighted by atomic mass is 32.2. The van der Waals surface area contributed by atoms with Crippen molar-refractivity contribution >= 4 is 17.7 Å². The predicted molar refractivity (Wildman–Crippen MR) is 106 cm³/mol. The molecule has 0 aromatic heterocycles. The van der Waals surface area contributed by atoms with E-state index in [1.165, 1.54) is 16.7 Å². The zero-order chi connectivity index (χ0) is 17.5. The molecule has 1 amide bonds. The number of carbonyl (C=O) groups excluding carboxylic acids is 1. The highest BCUT2D eigenvalue weighted by Crippen LogP contribution is 2.48. The number of hydrogen-bond acceptors (Lipinski definition) is 2. The van der Waals surface area contributed by atoms with E-state index in [0.717, 1.165) is 0 Å². The number of nitrogens with one attached hydrogen (secondary N) is 1. The molecule has 0 bridgehead atoms. The van der Waals surface area contributed by atoms with Crippen LogP contribution in [0.25, 0.3) is 0 Å². The Kier molecular flexibility index (Phi) is 5.56. The van der Waals surface area contributed by atoms with E-state index < -0.39 is 4.75 Å². The van der Waals surface area contributed by atoms with Gasteiger partial charge in [0.1, 0.15) is 0 Å². The average molecular weight is 347 g/mol. The van der Waals surface area contributed by atoms with E-state index in [4.69, 9.17) is 0 Å².